The number of thioether (sulfide) groups is 1. The molecule has 5 heteroatoms. The van der Waals surface area contributed by atoms with E-state index < -0.39 is 5.97 Å². The number of hydrogen-bond acceptors (Lipinski definition) is 4. The molecule has 1 N–H and O–H groups in total. The lowest BCUT2D eigenvalue weighted by Gasteiger charge is -2.17. The summed E-state index contributed by atoms with van der Waals surface area (Å²) in [4.78, 5) is 14.5. The van der Waals surface area contributed by atoms with Crippen LogP contribution in [0.15, 0.2) is 10.7 Å². The predicted octanol–water partition coefficient (Wildman–Crippen LogP) is 1.98. The molecule has 0 bridgehead atoms. The second-order valence-electron chi connectivity index (χ2n) is 3.26. The zero-order valence-corrected chi connectivity index (χ0v) is 8.42. The first-order valence-electron chi connectivity index (χ1n) is 4.54. The third-order valence-electron chi connectivity index (χ3n) is 2.31. The number of carboxylic acids is 1. The molecule has 0 radical (unpaired) electrons. The number of aromatic carboxylic acids is 1. The molecule has 1 aromatic rings. The number of oxazole rings is 1. The molecule has 0 spiro atoms. The quantitative estimate of drug-likeness (QED) is 0.813. The molecule has 0 aromatic carbocycles. The van der Waals surface area contributed by atoms with E-state index in [0.29, 0.717) is 11.8 Å². The SMILES string of the molecule is O=C(O)c1coc(C2CCSCC2)n1. The molecule has 2 heterocycles. The van der Waals surface area contributed by atoms with Crippen LogP contribution in [0.1, 0.15) is 35.1 Å². The second-order valence-corrected chi connectivity index (χ2v) is 4.49. The first kappa shape index (κ1) is 9.58. The third-order valence-corrected chi connectivity index (χ3v) is 3.36. The van der Waals surface area contributed by atoms with E-state index in [9.17, 15) is 4.79 Å². The summed E-state index contributed by atoms with van der Waals surface area (Å²) in [5.41, 5.74) is 0.0122. The van der Waals surface area contributed by atoms with Crippen LogP contribution < -0.4 is 0 Å². The van der Waals surface area contributed by atoms with Gasteiger partial charge in [0.05, 0.1) is 0 Å². The Labute approximate surface area is 85.7 Å². The second kappa shape index (κ2) is 4.04. The van der Waals surface area contributed by atoms with Crippen LogP contribution in [0.25, 0.3) is 0 Å². The van der Waals surface area contributed by atoms with Crippen molar-refractivity contribution < 1.29 is 14.3 Å². The molecule has 0 atom stereocenters. The zero-order valence-electron chi connectivity index (χ0n) is 7.60. The van der Waals surface area contributed by atoms with Gasteiger partial charge in [0.2, 0.25) is 0 Å². The smallest absolute Gasteiger partial charge is 0.357 e. The van der Waals surface area contributed by atoms with Gasteiger partial charge in [0, 0.05) is 5.92 Å². The summed E-state index contributed by atoms with van der Waals surface area (Å²) in [6.07, 6.45) is 3.29. The standard InChI is InChI=1S/C9H11NO3S/c11-9(12)7-5-13-8(10-7)6-1-3-14-4-2-6/h5-6H,1-4H2,(H,11,12). The van der Waals surface area contributed by atoms with Gasteiger partial charge in [-0.05, 0) is 24.3 Å². The summed E-state index contributed by atoms with van der Waals surface area (Å²) in [5, 5.41) is 8.67. The number of carbonyl (C=O) groups is 1. The molecular formula is C9H11NO3S. The molecule has 0 saturated carbocycles. The normalized spacial score (nSPS) is 18.3. The molecule has 4 nitrogen and oxygen atoms in total. The molecule has 0 aliphatic carbocycles. The fourth-order valence-corrected chi connectivity index (χ4v) is 2.62. The van der Waals surface area contributed by atoms with E-state index in [-0.39, 0.29) is 5.69 Å². The number of hydrogen-bond donors (Lipinski definition) is 1. The van der Waals surface area contributed by atoms with Crippen LogP contribution in [0.2, 0.25) is 0 Å². The maximum absolute atomic E-state index is 10.6. The van der Waals surface area contributed by atoms with Crippen LogP contribution in [0.5, 0.6) is 0 Å². The van der Waals surface area contributed by atoms with Crippen molar-refractivity contribution >= 4 is 17.7 Å². The van der Waals surface area contributed by atoms with E-state index in [1.54, 1.807) is 0 Å². The Balaban J connectivity index is 2.11. The molecule has 76 valence electrons. The Morgan fingerprint density at radius 2 is 2.29 bits per heavy atom. The lowest BCUT2D eigenvalue weighted by molar-refractivity contribution is 0.0690. The van der Waals surface area contributed by atoms with Gasteiger partial charge in [0.15, 0.2) is 11.6 Å². The van der Waals surface area contributed by atoms with E-state index in [1.165, 1.54) is 6.26 Å². The third kappa shape index (κ3) is 1.92. The monoisotopic (exact) mass is 213 g/mol. The minimum atomic E-state index is -1.02. The average molecular weight is 213 g/mol. The van der Waals surface area contributed by atoms with Gasteiger partial charge in [-0.25, -0.2) is 9.78 Å². The first-order chi connectivity index (χ1) is 6.77. The Morgan fingerprint density at radius 1 is 1.57 bits per heavy atom. The molecule has 0 amide bonds. The van der Waals surface area contributed by atoms with E-state index >= 15 is 0 Å². The Hall–Kier alpha value is -0.970. The fourth-order valence-electron chi connectivity index (χ4n) is 1.52. The van der Waals surface area contributed by atoms with E-state index in [4.69, 9.17) is 9.52 Å². The number of aromatic nitrogens is 1. The van der Waals surface area contributed by atoms with Gasteiger partial charge < -0.3 is 9.52 Å². The van der Waals surface area contributed by atoms with Gasteiger partial charge in [-0.2, -0.15) is 11.8 Å². The van der Waals surface area contributed by atoms with Crippen LogP contribution in [-0.4, -0.2) is 27.6 Å². The van der Waals surface area contributed by atoms with Crippen LogP contribution in [0.4, 0.5) is 0 Å². The number of carboxylic acid groups (broad SMARTS) is 1. The minimum Gasteiger partial charge on any atom is -0.476 e. The fraction of sp³-hybridized carbons (Fsp3) is 0.556. The van der Waals surface area contributed by atoms with Gasteiger partial charge in [-0.1, -0.05) is 0 Å². The van der Waals surface area contributed by atoms with Crippen LogP contribution in [0, 0.1) is 0 Å². The van der Waals surface area contributed by atoms with Gasteiger partial charge in [0.25, 0.3) is 0 Å². The molecule has 1 aromatic heterocycles. The Bertz CT molecular complexity index is 331. The highest BCUT2D eigenvalue weighted by atomic mass is 32.2. The molecule has 1 fully saturated rings. The van der Waals surface area contributed by atoms with Gasteiger partial charge in [-0.3, -0.25) is 0 Å². The molecule has 14 heavy (non-hydrogen) atoms. The van der Waals surface area contributed by atoms with Crippen molar-refractivity contribution in [2.75, 3.05) is 11.5 Å². The maximum atomic E-state index is 10.6. The van der Waals surface area contributed by atoms with Crippen LogP contribution in [-0.2, 0) is 0 Å². The summed E-state index contributed by atoms with van der Waals surface area (Å²) in [6, 6.07) is 0. The average Bonchev–Trinajstić information content (AvgIpc) is 2.68. The zero-order chi connectivity index (χ0) is 9.97. The lowest BCUT2D eigenvalue weighted by atomic mass is 10.0. The van der Waals surface area contributed by atoms with E-state index in [2.05, 4.69) is 4.98 Å². The summed E-state index contributed by atoms with van der Waals surface area (Å²) < 4.78 is 5.16. The molecule has 1 aliphatic rings. The highest BCUT2D eigenvalue weighted by Crippen LogP contribution is 2.30. The summed E-state index contributed by atoms with van der Waals surface area (Å²) in [7, 11) is 0. The molecule has 1 aliphatic heterocycles. The molecule has 2 rings (SSSR count). The minimum absolute atomic E-state index is 0.0122. The van der Waals surface area contributed by atoms with Gasteiger partial charge >= 0.3 is 5.97 Å². The summed E-state index contributed by atoms with van der Waals surface area (Å²) in [6.45, 7) is 0. The van der Waals surface area contributed by atoms with Crippen molar-refractivity contribution in [2.24, 2.45) is 0 Å². The Morgan fingerprint density at radius 3 is 2.86 bits per heavy atom. The molecular weight excluding hydrogens is 202 g/mol. The highest BCUT2D eigenvalue weighted by molar-refractivity contribution is 7.99. The van der Waals surface area contributed by atoms with Crippen molar-refractivity contribution in [2.45, 2.75) is 18.8 Å². The predicted molar refractivity (Wildman–Crippen MR) is 52.8 cm³/mol. The van der Waals surface area contributed by atoms with E-state index in [1.807, 2.05) is 11.8 Å². The summed E-state index contributed by atoms with van der Waals surface area (Å²) >= 11 is 1.92. The van der Waals surface area contributed by atoms with Crippen molar-refractivity contribution in [3.8, 4) is 0 Å². The van der Waals surface area contributed by atoms with Crippen molar-refractivity contribution in [3.63, 3.8) is 0 Å². The largest absolute Gasteiger partial charge is 0.476 e. The first-order valence-corrected chi connectivity index (χ1v) is 5.69. The maximum Gasteiger partial charge on any atom is 0.357 e. The van der Waals surface area contributed by atoms with E-state index in [0.717, 1.165) is 24.3 Å². The van der Waals surface area contributed by atoms with Crippen LogP contribution in [0.3, 0.4) is 0 Å². The van der Waals surface area contributed by atoms with Gasteiger partial charge in [0.1, 0.15) is 6.26 Å². The van der Waals surface area contributed by atoms with Crippen molar-refractivity contribution in [1.29, 1.82) is 0 Å². The Kier molecular flexibility index (Phi) is 2.77. The van der Waals surface area contributed by atoms with Crippen LogP contribution >= 0.6 is 11.8 Å². The van der Waals surface area contributed by atoms with Gasteiger partial charge in [-0.15, -0.1) is 0 Å². The van der Waals surface area contributed by atoms with Crippen molar-refractivity contribution in [3.05, 3.63) is 17.8 Å². The molecule has 0 unspecified atom stereocenters. The number of nitrogens with zero attached hydrogens (tertiary/aromatic N) is 1. The molecule has 1 saturated heterocycles. The summed E-state index contributed by atoms with van der Waals surface area (Å²) in [5.74, 6) is 2.09. The highest BCUT2D eigenvalue weighted by Gasteiger charge is 2.21. The number of rotatable bonds is 2. The lowest BCUT2D eigenvalue weighted by Crippen LogP contribution is -2.08. The topological polar surface area (TPSA) is 63.3 Å². The van der Waals surface area contributed by atoms with Crippen molar-refractivity contribution in [1.82, 2.24) is 4.98 Å².